The van der Waals surface area contributed by atoms with Crippen molar-refractivity contribution < 1.29 is 18.8 Å². The minimum Gasteiger partial charge on any atom is -0.454 e. The Hall–Kier alpha value is -3.69. The topological polar surface area (TPSA) is 121 Å². The van der Waals surface area contributed by atoms with Crippen LogP contribution in [0.3, 0.4) is 0 Å². The second-order valence-electron chi connectivity index (χ2n) is 7.25. The molecule has 0 saturated heterocycles. The highest BCUT2D eigenvalue weighted by atomic mass is 16.7. The summed E-state index contributed by atoms with van der Waals surface area (Å²) in [7, 11) is 0. The van der Waals surface area contributed by atoms with E-state index in [2.05, 4.69) is 20.6 Å². The van der Waals surface area contributed by atoms with E-state index in [1.54, 1.807) is 18.2 Å². The summed E-state index contributed by atoms with van der Waals surface area (Å²) in [5, 5.41) is 11.2. The summed E-state index contributed by atoms with van der Waals surface area (Å²) in [6.45, 7) is 0.0163. The van der Waals surface area contributed by atoms with E-state index in [9.17, 15) is 9.59 Å². The molecule has 1 saturated carbocycles. The maximum absolute atomic E-state index is 12.3. The smallest absolute Gasteiger partial charge is 0.278 e. The molecule has 1 amide bonds. The van der Waals surface area contributed by atoms with Crippen molar-refractivity contribution in [3.8, 4) is 34.5 Å². The second-order valence-corrected chi connectivity index (χ2v) is 7.25. The number of nitrogens with zero attached hydrogens (tertiary/aromatic N) is 4. The van der Waals surface area contributed by atoms with E-state index in [-0.39, 0.29) is 36.7 Å². The van der Waals surface area contributed by atoms with Crippen molar-refractivity contribution in [2.45, 2.75) is 38.3 Å². The second kappa shape index (κ2) is 7.62. The molecule has 10 nitrogen and oxygen atoms in total. The van der Waals surface area contributed by atoms with Crippen LogP contribution in [0.1, 0.15) is 25.7 Å². The number of hydrogen-bond donors (Lipinski definition) is 1. The average molecular weight is 409 g/mol. The van der Waals surface area contributed by atoms with E-state index in [1.807, 2.05) is 0 Å². The number of amides is 1. The summed E-state index contributed by atoms with van der Waals surface area (Å²) in [5.41, 5.74) is 0.622. The average Bonchev–Trinajstić information content (AvgIpc) is 3.50. The molecule has 154 valence electrons. The summed E-state index contributed by atoms with van der Waals surface area (Å²) in [4.78, 5) is 28.8. The van der Waals surface area contributed by atoms with Gasteiger partial charge < -0.3 is 19.3 Å². The van der Waals surface area contributed by atoms with E-state index in [0.29, 0.717) is 28.6 Å². The first-order valence-corrected chi connectivity index (χ1v) is 9.77. The molecule has 1 aromatic carbocycles. The Morgan fingerprint density at radius 3 is 2.83 bits per heavy atom. The van der Waals surface area contributed by atoms with Crippen LogP contribution in [0.5, 0.6) is 11.5 Å². The number of nitrogens with one attached hydrogen (secondary N) is 1. The van der Waals surface area contributed by atoms with Crippen molar-refractivity contribution in [3.05, 3.63) is 40.7 Å². The summed E-state index contributed by atoms with van der Waals surface area (Å²) in [5.74, 6) is 1.53. The van der Waals surface area contributed by atoms with Gasteiger partial charge in [-0.3, -0.25) is 9.59 Å². The summed E-state index contributed by atoms with van der Waals surface area (Å²) < 4.78 is 17.1. The van der Waals surface area contributed by atoms with Gasteiger partial charge in [-0.2, -0.15) is 10.1 Å². The standard InChI is InChI=1S/C20H19N5O5/c26-17(21-13-3-1-2-4-13)10-25-18(27)8-6-14(23-25)20-22-19(24-30-20)12-5-7-15-16(9-12)29-11-28-15/h5-9,13H,1-4,10-11H2,(H,21,26). The maximum atomic E-state index is 12.3. The molecular formula is C20H19N5O5. The van der Waals surface area contributed by atoms with Gasteiger partial charge in [-0.15, -0.1) is 0 Å². The summed E-state index contributed by atoms with van der Waals surface area (Å²) in [6, 6.07) is 8.33. The first-order valence-electron chi connectivity index (χ1n) is 9.77. The number of ether oxygens (including phenoxy) is 2. The van der Waals surface area contributed by atoms with Crippen molar-refractivity contribution in [3.63, 3.8) is 0 Å². The van der Waals surface area contributed by atoms with Gasteiger partial charge in [-0.05, 0) is 37.1 Å². The molecule has 1 aliphatic carbocycles. The molecule has 3 aromatic rings. The molecule has 2 aliphatic rings. The van der Waals surface area contributed by atoms with Crippen molar-refractivity contribution in [1.82, 2.24) is 25.2 Å². The lowest BCUT2D eigenvalue weighted by molar-refractivity contribution is -0.122. The molecule has 1 fully saturated rings. The maximum Gasteiger partial charge on any atom is 0.278 e. The lowest BCUT2D eigenvalue weighted by Crippen LogP contribution is -2.38. The van der Waals surface area contributed by atoms with Crippen LogP contribution >= 0.6 is 0 Å². The Labute approximate surface area is 170 Å². The predicted octanol–water partition coefficient (Wildman–Crippen LogP) is 1.75. The Morgan fingerprint density at radius 1 is 1.13 bits per heavy atom. The quantitative estimate of drug-likeness (QED) is 0.676. The van der Waals surface area contributed by atoms with Crippen LogP contribution in [0.15, 0.2) is 39.6 Å². The van der Waals surface area contributed by atoms with Gasteiger partial charge in [0.25, 0.3) is 11.4 Å². The fraction of sp³-hybridized carbons (Fsp3) is 0.350. The number of carbonyl (C=O) groups is 1. The third kappa shape index (κ3) is 3.63. The van der Waals surface area contributed by atoms with Crippen LogP contribution in [0.2, 0.25) is 0 Å². The first-order chi connectivity index (χ1) is 14.7. The zero-order valence-electron chi connectivity index (χ0n) is 16.0. The molecule has 1 aliphatic heterocycles. The molecule has 0 bridgehead atoms. The van der Waals surface area contributed by atoms with Gasteiger partial charge in [-0.1, -0.05) is 18.0 Å². The number of rotatable bonds is 5. The normalized spacial score (nSPS) is 15.5. The van der Waals surface area contributed by atoms with Crippen LogP contribution in [0, 0.1) is 0 Å². The van der Waals surface area contributed by atoms with Gasteiger partial charge in [0.15, 0.2) is 11.5 Å². The third-order valence-corrected chi connectivity index (χ3v) is 5.16. The van der Waals surface area contributed by atoms with E-state index >= 15 is 0 Å². The lowest BCUT2D eigenvalue weighted by atomic mass is 10.2. The Balaban J connectivity index is 1.35. The number of fused-ring (bicyclic) bond motifs is 1. The molecule has 2 aromatic heterocycles. The third-order valence-electron chi connectivity index (χ3n) is 5.16. The lowest BCUT2D eigenvalue weighted by Gasteiger charge is -2.12. The molecular weight excluding hydrogens is 390 g/mol. The zero-order chi connectivity index (χ0) is 20.5. The molecule has 0 atom stereocenters. The van der Waals surface area contributed by atoms with Gasteiger partial charge in [0.2, 0.25) is 18.5 Å². The first kappa shape index (κ1) is 18.3. The fourth-order valence-corrected chi connectivity index (χ4v) is 3.64. The van der Waals surface area contributed by atoms with Gasteiger partial charge in [-0.25, -0.2) is 4.68 Å². The molecule has 0 spiro atoms. The minimum absolute atomic E-state index is 0.146. The van der Waals surface area contributed by atoms with Crippen LogP contribution in [0.25, 0.3) is 23.0 Å². The molecule has 0 unspecified atom stereocenters. The SMILES string of the molecule is O=C(Cn1nc(-c2nc(-c3ccc4c(c3)OCO4)no2)ccc1=O)NC1CCCC1. The fourth-order valence-electron chi connectivity index (χ4n) is 3.64. The molecule has 3 heterocycles. The van der Waals surface area contributed by atoms with E-state index in [0.717, 1.165) is 30.4 Å². The number of hydrogen-bond acceptors (Lipinski definition) is 8. The predicted molar refractivity (Wildman–Crippen MR) is 104 cm³/mol. The largest absolute Gasteiger partial charge is 0.454 e. The van der Waals surface area contributed by atoms with Crippen molar-refractivity contribution >= 4 is 5.91 Å². The van der Waals surface area contributed by atoms with Crippen LogP contribution in [-0.4, -0.2) is 38.7 Å². The highest BCUT2D eigenvalue weighted by molar-refractivity contribution is 5.76. The Bertz CT molecular complexity index is 1150. The van der Waals surface area contributed by atoms with Crippen LogP contribution < -0.4 is 20.3 Å². The highest BCUT2D eigenvalue weighted by Gasteiger charge is 2.20. The molecule has 5 rings (SSSR count). The molecule has 30 heavy (non-hydrogen) atoms. The van der Waals surface area contributed by atoms with Crippen molar-refractivity contribution in [2.24, 2.45) is 0 Å². The summed E-state index contributed by atoms with van der Waals surface area (Å²) in [6.07, 6.45) is 4.17. The summed E-state index contributed by atoms with van der Waals surface area (Å²) >= 11 is 0. The minimum atomic E-state index is -0.379. The monoisotopic (exact) mass is 409 g/mol. The van der Waals surface area contributed by atoms with Crippen LogP contribution in [0.4, 0.5) is 0 Å². The Kier molecular flexibility index (Phi) is 4.66. The molecule has 0 radical (unpaired) electrons. The molecule has 1 N–H and O–H groups in total. The zero-order valence-corrected chi connectivity index (χ0v) is 16.0. The number of benzene rings is 1. The van der Waals surface area contributed by atoms with Crippen LogP contribution in [-0.2, 0) is 11.3 Å². The number of aromatic nitrogens is 4. The van der Waals surface area contributed by atoms with Gasteiger partial charge >= 0.3 is 0 Å². The van der Waals surface area contributed by atoms with Gasteiger partial charge in [0.05, 0.1) is 0 Å². The van der Waals surface area contributed by atoms with E-state index in [1.165, 1.54) is 12.1 Å². The van der Waals surface area contributed by atoms with Crippen molar-refractivity contribution in [1.29, 1.82) is 0 Å². The van der Waals surface area contributed by atoms with Crippen molar-refractivity contribution in [2.75, 3.05) is 6.79 Å². The highest BCUT2D eigenvalue weighted by Crippen LogP contribution is 2.35. The van der Waals surface area contributed by atoms with E-state index < -0.39 is 0 Å². The van der Waals surface area contributed by atoms with E-state index in [4.69, 9.17) is 14.0 Å². The number of carbonyl (C=O) groups excluding carboxylic acids is 1. The van der Waals surface area contributed by atoms with Gasteiger partial charge in [0.1, 0.15) is 12.2 Å². The molecule has 10 heteroatoms. The Morgan fingerprint density at radius 2 is 1.97 bits per heavy atom. The van der Waals surface area contributed by atoms with Gasteiger partial charge in [0, 0.05) is 17.7 Å².